The molecule has 2 bridgehead atoms. The van der Waals surface area contributed by atoms with Crippen LogP contribution >= 0.6 is 0 Å². The lowest BCUT2D eigenvalue weighted by atomic mass is 9.38. The third-order valence-corrected chi connectivity index (χ3v) is 5.71. The van der Waals surface area contributed by atoms with Crippen molar-refractivity contribution in [2.24, 2.45) is 5.41 Å². The van der Waals surface area contributed by atoms with Crippen molar-refractivity contribution in [3.8, 4) is 0 Å². The van der Waals surface area contributed by atoms with Gasteiger partial charge in [0.15, 0.2) is 0 Å². The number of piperazine rings is 1. The van der Waals surface area contributed by atoms with Crippen LogP contribution in [-0.4, -0.2) is 54.7 Å². The summed E-state index contributed by atoms with van der Waals surface area (Å²) in [6, 6.07) is 3.88. The molecule has 0 radical (unpaired) electrons. The topological polar surface area (TPSA) is 71.7 Å². The fourth-order valence-electron chi connectivity index (χ4n) is 4.53. The fourth-order valence-corrected chi connectivity index (χ4v) is 4.53. The van der Waals surface area contributed by atoms with Crippen LogP contribution in [0.15, 0.2) is 18.3 Å². The Bertz CT molecular complexity index is 573. The van der Waals surface area contributed by atoms with E-state index in [4.69, 9.17) is 10.5 Å². The number of nitrogens with zero attached hydrogens (tertiary/aromatic N) is 3. The summed E-state index contributed by atoms with van der Waals surface area (Å²) in [5.74, 6) is 0.547. The molecule has 0 aromatic carbocycles. The van der Waals surface area contributed by atoms with Crippen molar-refractivity contribution >= 4 is 17.5 Å². The second-order valence-electron chi connectivity index (χ2n) is 6.94. The summed E-state index contributed by atoms with van der Waals surface area (Å²) in [5, 5.41) is 0. The standard InChI is InChI=1S/C16H22N4O2/c1-22-14(21)15-9-16(10-15,11-15)20-6-4-19(5-7-20)12-2-3-13(17)18-8-12/h2-3,8H,4-7,9-11H2,1H3,(H2,17,18). The van der Waals surface area contributed by atoms with Gasteiger partial charge in [0.1, 0.15) is 5.82 Å². The molecule has 1 aliphatic heterocycles. The molecule has 0 amide bonds. The Labute approximate surface area is 130 Å². The van der Waals surface area contributed by atoms with E-state index in [0.29, 0.717) is 5.82 Å². The summed E-state index contributed by atoms with van der Waals surface area (Å²) in [6.45, 7) is 4.08. The first-order chi connectivity index (χ1) is 10.6. The number of ether oxygens (including phenoxy) is 1. The Balaban J connectivity index is 1.34. The maximum absolute atomic E-state index is 11.8. The molecule has 4 aliphatic rings. The first-order valence-electron chi connectivity index (χ1n) is 7.87. The lowest BCUT2D eigenvalue weighted by Gasteiger charge is -2.72. The largest absolute Gasteiger partial charge is 0.469 e. The van der Waals surface area contributed by atoms with Gasteiger partial charge in [0.2, 0.25) is 0 Å². The minimum Gasteiger partial charge on any atom is -0.469 e. The van der Waals surface area contributed by atoms with Gasteiger partial charge in [-0.25, -0.2) is 4.98 Å². The Kier molecular flexibility index (Phi) is 2.88. The normalized spacial score (nSPS) is 33.8. The SMILES string of the molecule is COC(=O)C12CC(N3CCN(c4ccc(N)nc4)CC3)(C1)C2. The van der Waals surface area contributed by atoms with E-state index in [9.17, 15) is 4.79 Å². The highest BCUT2D eigenvalue weighted by molar-refractivity contribution is 5.82. The summed E-state index contributed by atoms with van der Waals surface area (Å²) < 4.78 is 4.93. The van der Waals surface area contributed by atoms with Crippen LogP contribution in [0.2, 0.25) is 0 Å². The highest BCUT2D eigenvalue weighted by Gasteiger charge is 2.74. The van der Waals surface area contributed by atoms with Crippen molar-refractivity contribution < 1.29 is 9.53 Å². The van der Waals surface area contributed by atoms with Crippen molar-refractivity contribution in [2.75, 3.05) is 43.9 Å². The van der Waals surface area contributed by atoms with Crippen LogP contribution in [0.3, 0.4) is 0 Å². The summed E-state index contributed by atoms with van der Waals surface area (Å²) in [7, 11) is 1.49. The number of pyridine rings is 1. The van der Waals surface area contributed by atoms with E-state index in [1.54, 1.807) is 0 Å². The third-order valence-electron chi connectivity index (χ3n) is 5.71. The average Bonchev–Trinajstić information content (AvgIpc) is 2.46. The predicted octanol–water partition coefficient (Wildman–Crippen LogP) is 0.881. The monoisotopic (exact) mass is 302 g/mol. The number of methoxy groups -OCH3 is 1. The molecule has 1 aromatic heterocycles. The predicted molar refractivity (Wildman–Crippen MR) is 83.5 cm³/mol. The summed E-state index contributed by atoms with van der Waals surface area (Å²) >= 11 is 0. The Hall–Kier alpha value is -1.82. The number of aromatic nitrogens is 1. The molecule has 1 aromatic rings. The fraction of sp³-hybridized carbons (Fsp3) is 0.625. The van der Waals surface area contributed by atoms with Gasteiger partial charge in [-0.1, -0.05) is 0 Å². The first kappa shape index (κ1) is 13.8. The molecular formula is C16H22N4O2. The number of esters is 1. The van der Waals surface area contributed by atoms with Gasteiger partial charge in [0.05, 0.1) is 24.4 Å². The molecule has 118 valence electrons. The maximum atomic E-state index is 11.8. The summed E-state index contributed by atoms with van der Waals surface area (Å²) in [6.07, 6.45) is 4.79. The lowest BCUT2D eigenvalue weighted by molar-refractivity contribution is -0.234. The van der Waals surface area contributed by atoms with Crippen molar-refractivity contribution in [3.05, 3.63) is 18.3 Å². The number of carbonyl (C=O) groups excluding carboxylic acids is 1. The minimum absolute atomic E-state index is 0.0130. The molecule has 3 aliphatic carbocycles. The maximum Gasteiger partial charge on any atom is 0.312 e. The highest BCUT2D eigenvalue weighted by atomic mass is 16.5. The van der Waals surface area contributed by atoms with Crippen molar-refractivity contribution in [1.29, 1.82) is 0 Å². The molecule has 0 spiro atoms. The first-order valence-corrected chi connectivity index (χ1v) is 7.87. The zero-order valence-electron chi connectivity index (χ0n) is 12.9. The number of carbonyl (C=O) groups is 1. The van der Waals surface area contributed by atoms with E-state index in [1.165, 1.54) is 7.11 Å². The number of nitrogen functional groups attached to an aromatic ring is 1. The number of hydrogen-bond donors (Lipinski definition) is 1. The summed E-state index contributed by atoms with van der Waals surface area (Å²) in [4.78, 5) is 20.9. The number of anilines is 2. The zero-order chi connectivity index (χ0) is 15.4. The molecule has 2 heterocycles. The molecule has 22 heavy (non-hydrogen) atoms. The lowest BCUT2D eigenvalue weighted by Crippen LogP contribution is -2.78. The van der Waals surface area contributed by atoms with E-state index in [1.807, 2.05) is 18.3 Å². The smallest absolute Gasteiger partial charge is 0.312 e. The van der Waals surface area contributed by atoms with Crippen LogP contribution in [-0.2, 0) is 9.53 Å². The van der Waals surface area contributed by atoms with E-state index in [2.05, 4.69) is 14.8 Å². The molecule has 0 atom stereocenters. The number of nitrogens with two attached hydrogens (primary N) is 1. The van der Waals surface area contributed by atoms with E-state index >= 15 is 0 Å². The van der Waals surface area contributed by atoms with Crippen molar-refractivity contribution in [1.82, 2.24) is 9.88 Å². The third kappa shape index (κ3) is 1.83. The van der Waals surface area contributed by atoms with Crippen LogP contribution in [0.1, 0.15) is 19.3 Å². The zero-order valence-corrected chi connectivity index (χ0v) is 12.9. The minimum atomic E-state index is -0.146. The molecular weight excluding hydrogens is 280 g/mol. The van der Waals surface area contributed by atoms with Crippen molar-refractivity contribution in [2.45, 2.75) is 24.8 Å². The molecule has 6 heteroatoms. The summed E-state index contributed by atoms with van der Waals surface area (Å²) in [5.41, 5.74) is 6.91. The Morgan fingerprint density at radius 3 is 2.45 bits per heavy atom. The molecule has 0 unspecified atom stereocenters. The van der Waals surface area contributed by atoms with Crippen LogP contribution in [0.5, 0.6) is 0 Å². The Morgan fingerprint density at radius 1 is 1.23 bits per heavy atom. The van der Waals surface area contributed by atoms with Gasteiger partial charge >= 0.3 is 5.97 Å². The van der Waals surface area contributed by atoms with Gasteiger partial charge in [-0.3, -0.25) is 9.69 Å². The Morgan fingerprint density at radius 2 is 1.91 bits per heavy atom. The van der Waals surface area contributed by atoms with Crippen LogP contribution in [0.25, 0.3) is 0 Å². The average molecular weight is 302 g/mol. The number of rotatable bonds is 3. The van der Waals surface area contributed by atoms with Crippen LogP contribution in [0, 0.1) is 5.41 Å². The van der Waals surface area contributed by atoms with Gasteiger partial charge in [0, 0.05) is 31.7 Å². The second kappa shape index (κ2) is 4.59. The molecule has 2 N–H and O–H groups in total. The van der Waals surface area contributed by atoms with Gasteiger partial charge in [-0.05, 0) is 31.4 Å². The van der Waals surface area contributed by atoms with Crippen LogP contribution in [0.4, 0.5) is 11.5 Å². The van der Waals surface area contributed by atoms with Gasteiger partial charge in [-0.2, -0.15) is 0 Å². The van der Waals surface area contributed by atoms with Crippen LogP contribution < -0.4 is 10.6 Å². The number of hydrogen-bond acceptors (Lipinski definition) is 6. The van der Waals surface area contributed by atoms with E-state index < -0.39 is 0 Å². The molecule has 5 rings (SSSR count). The van der Waals surface area contributed by atoms with Gasteiger partial charge in [-0.15, -0.1) is 0 Å². The van der Waals surface area contributed by atoms with E-state index in [0.717, 1.165) is 51.1 Å². The highest BCUT2D eigenvalue weighted by Crippen LogP contribution is 2.70. The quantitative estimate of drug-likeness (QED) is 0.836. The van der Waals surface area contributed by atoms with Crippen molar-refractivity contribution in [3.63, 3.8) is 0 Å². The van der Waals surface area contributed by atoms with Gasteiger partial charge < -0.3 is 15.4 Å². The van der Waals surface area contributed by atoms with Gasteiger partial charge in [0.25, 0.3) is 0 Å². The molecule has 1 saturated heterocycles. The van der Waals surface area contributed by atoms with E-state index in [-0.39, 0.29) is 16.9 Å². The molecule has 4 fully saturated rings. The molecule has 6 nitrogen and oxygen atoms in total. The second-order valence-corrected chi connectivity index (χ2v) is 6.94. The molecule has 3 saturated carbocycles.